The highest BCUT2D eigenvalue weighted by Gasteiger charge is 2.24. The molecule has 1 unspecified atom stereocenters. The lowest BCUT2D eigenvalue weighted by molar-refractivity contribution is -0.0447. The highest BCUT2D eigenvalue weighted by Crippen LogP contribution is 2.19. The predicted molar refractivity (Wildman–Crippen MR) is 82.1 cm³/mol. The summed E-state index contributed by atoms with van der Waals surface area (Å²) in [6.07, 6.45) is 2.26. The summed E-state index contributed by atoms with van der Waals surface area (Å²) in [5.74, 6) is 0.950. The number of hydrogen-bond acceptors (Lipinski definition) is 4. The van der Waals surface area contributed by atoms with Crippen LogP contribution < -0.4 is 5.32 Å². The summed E-state index contributed by atoms with van der Waals surface area (Å²) in [5, 5.41) is 3.45. The van der Waals surface area contributed by atoms with Crippen LogP contribution in [-0.4, -0.2) is 75.0 Å². The topological polar surface area (TPSA) is 46.1 Å². The molecular formula is C13H27N3O2S. The molecule has 0 bridgehead atoms. The fourth-order valence-corrected chi connectivity index (χ4v) is 2.11. The molecule has 0 spiro atoms. The predicted octanol–water partition coefficient (Wildman–Crippen LogP) is 1.05. The molecule has 0 radical (unpaired) electrons. The fourth-order valence-electron chi connectivity index (χ4n) is 1.89. The maximum absolute atomic E-state index is 5.66. The van der Waals surface area contributed by atoms with Gasteiger partial charge in [0.25, 0.3) is 0 Å². The molecule has 1 aliphatic heterocycles. The summed E-state index contributed by atoms with van der Waals surface area (Å²) >= 11 is 1.85. The van der Waals surface area contributed by atoms with Gasteiger partial charge in [0.1, 0.15) is 0 Å². The van der Waals surface area contributed by atoms with Crippen LogP contribution in [0, 0.1) is 0 Å². The van der Waals surface area contributed by atoms with Gasteiger partial charge in [0.15, 0.2) is 5.96 Å². The Labute approximate surface area is 121 Å². The van der Waals surface area contributed by atoms with Crippen LogP contribution in [0.4, 0.5) is 0 Å². The first-order chi connectivity index (χ1) is 9.02. The van der Waals surface area contributed by atoms with Crippen molar-refractivity contribution in [2.75, 3.05) is 53.3 Å². The number of hydrogen-bond donors (Lipinski definition) is 1. The maximum Gasteiger partial charge on any atom is 0.193 e. The summed E-state index contributed by atoms with van der Waals surface area (Å²) in [6.45, 7) is 8.40. The van der Waals surface area contributed by atoms with E-state index in [1.165, 1.54) is 0 Å². The van der Waals surface area contributed by atoms with Gasteiger partial charge in [-0.1, -0.05) is 0 Å². The molecule has 0 amide bonds. The first-order valence-corrected chi connectivity index (χ1v) is 7.86. The van der Waals surface area contributed by atoms with Crippen LogP contribution in [0.2, 0.25) is 0 Å². The van der Waals surface area contributed by atoms with E-state index >= 15 is 0 Å². The molecule has 1 aliphatic rings. The number of morpholine rings is 1. The largest absolute Gasteiger partial charge is 0.382 e. The highest BCUT2D eigenvalue weighted by molar-refractivity contribution is 7.99. The third-order valence-corrected chi connectivity index (χ3v) is 4.48. The van der Waals surface area contributed by atoms with Crippen LogP contribution in [0.3, 0.4) is 0 Å². The molecule has 19 heavy (non-hydrogen) atoms. The summed E-state index contributed by atoms with van der Waals surface area (Å²) in [5.41, 5.74) is 0. The van der Waals surface area contributed by atoms with Crippen molar-refractivity contribution in [3.05, 3.63) is 0 Å². The van der Waals surface area contributed by atoms with Gasteiger partial charge < -0.3 is 19.7 Å². The SMILES string of the molecule is CN=C(NCC(C)(C)SC)N1CCOC(COC)C1. The normalized spacial score (nSPS) is 21.6. The van der Waals surface area contributed by atoms with Gasteiger partial charge in [0.2, 0.25) is 0 Å². The number of aliphatic imine (C=N–C) groups is 1. The Balaban J connectivity index is 2.50. The van der Waals surface area contributed by atoms with Crippen LogP contribution in [0.1, 0.15) is 13.8 Å². The van der Waals surface area contributed by atoms with Crippen molar-refractivity contribution in [1.82, 2.24) is 10.2 Å². The Bertz CT molecular complexity index is 296. The van der Waals surface area contributed by atoms with Gasteiger partial charge in [-0.15, -0.1) is 0 Å². The second-order valence-electron chi connectivity index (χ2n) is 5.26. The molecule has 1 atom stereocenters. The van der Waals surface area contributed by atoms with E-state index in [9.17, 15) is 0 Å². The minimum absolute atomic E-state index is 0.130. The van der Waals surface area contributed by atoms with Crippen molar-refractivity contribution in [2.24, 2.45) is 4.99 Å². The van der Waals surface area contributed by atoms with Crippen molar-refractivity contribution in [3.8, 4) is 0 Å². The van der Waals surface area contributed by atoms with E-state index in [4.69, 9.17) is 9.47 Å². The Morgan fingerprint density at radius 3 is 2.89 bits per heavy atom. The molecule has 0 saturated carbocycles. The van der Waals surface area contributed by atoms with Gasteiger partial charge in [0.05, 0.1) is 19.3 Å². The zero-order valence-electron chi connectivity index (χ0n) is 12.7. The van der Waals surface area contributed by atoms with Gasteiger partial charge in [0, 0.05) is 38.5 Å². The number of nitrogens with zero attached hydrogens (tertiary/aromatic N) is 2. The van der Waals surface area contributed by atoms with Crippen LogP contribution in [0.5, 0.6) is 0 Å². The molecule has 0 aliphatic carbocycles. The van der Waals surface area contributed by atoms with E-state index in [0.29, 0.717) is 6.61 Å². The standard InChI is InChI=1S/C13H27N3O2S/c1-13(2,19-5)10-15-12(14-3)16-6-7-18-11(8-16)9-17-4/h11H,6-10H2,1-5H3,(H,14,15). The molecular weight excluding hydrogens is 262 g/mol. The van der Waals surface area contributed by atoms with Crippen molar-refractivity contribution >= 4 is 17.7 Å². The van der Waals surface area contributed by atoms with E-state index in [0.717, 1.165) is 32.2 Å². The second kappa shape index (κ2) is 7.97. The molecule has 1 fully saturated rings. The minimum Gasteiger partial charge on any atom is -0.382 e. The molecule has 0 aromatic carbocycles. The van der Waals surface area contributed by atoms with E-state index in [2.05, 4.69) is 35.3 Å². The zero-order valence-corrected chi connectivity index (χ0v) is 13.5. The Morgan fingerprint density at radius 1 is 1.58 bits per heavy atom. The Morgan fingerprint density at radius 2 is 2.32 bits per heavy atom. The summed E-state index contributed by atoms with van der Waals surface area (Å²) in [7, 11) is 3.53. The van der Waals surface area contributed by atoms with Gasteiger partial charge >= 0.3 is 0 Å². The average Bonchev–Trinajstić information content (AvgIpc) is 2.40. The molecule has 1 N–H and O–H groups in total. The van der Waals surface area contributed by atoms with Crippen molar-refractivity contribution in [3.63, 3.8) is 0 Å². The van der Waals surface area contributed by atoms with E-state index in [1.54, 1.807) is 7.11 Å². The van der Waals surface area contributed by atoms with Gasteiger partial charge in [-0.05, 0) is 20.1 Å². The second-order valence-corrected chi connectivity index (χ2v) is 6.77. The Hall–Kier alpha value is -0.460. The van der Waals surface area contributed by atoms with Crippen LogP contribution in [-0.2, 0) is 9.47 Å². The smallest absolute Gasteiger partial charge is 0.193 e. The summed E-state index contributed by atoms with van der Waals surface area (Å²) in [4.78, 5) is 6.61. The minimum atomic E-state index is 0.130. The molecule has 1 saturated heterocycles. The Kier molecular flexibility index (Phi) is 6.96. The van der Waals surface area contributed by atoms with Crippen LogP contribution >= 0.6 is 11.8 Å². The molecule has 5 nitrogen and oxygen atoms in total. The average molecular weight is 289 g/mol. The molecule has 6 heteroatoms. The van der Waals surface area contributed by atoms with Crippen molar-refractivity contribution < 1.29 is 9.47 Å². The van der Waals surface area contributed by atoms with E-state index in [-0.39, 0.29) is 10.9 Å². The lowest BCUT2D eigenvalue weighted by Crippen LogP contribution is -2.53. The summed E-state index contributed by atoms with van der Waals surface area (Å²) in [6, 6.07) is 0. The van der Waals surface area contributed by atoms with Crippen molar-refractivity contribution in [1.29, 1.82) is 0 Å². The first kappa shape index (κ1) is 16.6. The number of rotatable bonds is 5. The third kappa shape index (κ3) is 5.58. The lowest BCUT2D eigenvalue weighted by Gasteiger charge is -2.35. The van der Waals surface area contributed by atoms with Gasteiger partial charge in [-0.3, -0.25) is 4.99 Å². The number of thioether (sulfide) groups is 1. The highest BCUT2D eigenvalue weighted by atomic mass is 32.2. The molecule has 1 rings (SSSR count). The van der Waals surface area contributed by atoms with Crippen LogP contribution in [0.25, 0.3) is 0 Å². The molecule has 0 aromatic heterocycles. The molecule has 1 heterocycles. The number of guanidine groups is 1. The van der Waals surface area contributed by atoms with E-state index < -0.39 is 0 Å². The first-order valence-electron chi connectivity index (χ1n) is 6.63. The van der Waals surface area contributed by atoms with Gasteiger partial charge in [-0.2, -0.15) is 11.8 Å². The van der Waals surface area contributed by atoms with Gasteiger partial charge in [-0.25, -0.2) is 0 Å². The lowest BCUT2D eigenvalue weighted by atomic mass is 10.2. The zero-order chi connectivity index (χ0) is 14.3. The number of nitrogens with one attached hydrogen (secondary N) is 1. The fraction of sp³-hybridized carbons (Fsp3) is 0.923. The quantitative estimate of drug-likeness (QED) is 0.605. The van der Waals surface area contributed by atoms with Crippen molar-refractivity contribution in [2.45, 2.75) is 24.7 Å². The molecule has 112 valence electrons. The van der Waals surface area contributed by atoms with E-state index in [1.807, 2.05) is 18.8 Å². The van der Waals surface area contributed by atoms with Crippen LogP contribution in [0.15, 0.2) is 4.99 Å². The maximum atomic E-state index is 5.66. The third-order valence-electron chi connectivity index (χ3n) is 3.23. The number of methoxy groups -OCH3 is 1. The molecule has 0 aromatic rings. The number of ether oxygens (including phenoxy) is 2. The summed E-state index contributed by atoms with van der Waals surface area (Å²) < 4.78 is 11.0. The monoisotopic (exact) mass is 289 g/mol.